The van der Waals surface area contributed by atoms with Gasteiger partial charge in [0.25, 0.3) is 0 Å². The zero-order valence-electron chi connectivity index (χ0n) is 11.0. The minimum Gasteiger partial charge on any atom is -0.374 e. The van der Waals surface area contributed by atoms with Crippen LogP contribution >= 0.6 is 43.6 Å². The number of carbonyl (C=O) groups is 1. The van der Waals surface area contributed by atoms with E-state index in [0.717, 1.165) is 45.3 Å². The van der Waals surface area contributed by atoms with E-state index in [0.29, 0.717) is 6.61 Å². The lowest BCUT2D eigenvalue weighted by atomic mass is 9.81. The number of rotatable bonds is 2. The summed E-state index contributed by atoms with van der Waals surface area (Å²) in [7, 11) is 0. The van der Waals surface area contributed by atoms with Crippen molar-refractivity contribution in [2.45, 2.75) is 24.9 Å². The number of carbonyl (C=O) groups excluding carboxylic acids is 1. The van der Waals surface area contributed by atoms with Crippen LogP contribution in [0.25, 0.3) is 0 Å². The molecule has 2 atom stereocenters. The zero-order valence-corrected chi connectivity index (χ0v) is 15.0. The van der Waals surface area contributed by atoms with Crippen LogP contribution in [0.15, 0.2) is 27.1 Å². The topological polar surface area (TPSA) is 26.3 Å². The fraction of sp³-hybridized carbons (Fsp3) is 0.533. The second kappa shape index (κ2) is 6.11. The Morgan fingerprint density at radius 2 is 2.25 bits per heavy atom. The summed E-state index contributed by atoms with van der Waals surface area (Å²) in [5.74, 6) is 2.55. The highest BCUT2D eigenvalue weighted by Crippen LogP contribution is 2.41. The van der Waals surface area contributed by atoms with Crippen LogP contribution in [0.2, 0.25) is 0 Å². The van der Waals surface area contributed by atoms with Gasteiger partial charge in [0.15, 0.2) is 5.78 Å². The van der Waals surface area contributed by atoms with Gasteiger partial charge in [-0.25, -0.2) is 0 Å². The summed E-state index contributed by atoms with van der Waals surface area (Å²) in [5, 5.41) is 0. The number of ketones is 1. The molecule has 1 aromatic carbocycles. The van der Waals surface area contributed by atoms with E-state index in [1.807, 2.05) is 30.0 Å². The van der Waals surface area contributed by atoms with Gasteiger partial charge >= 0.3 is 0 Å². The molecule has 20 heavy (non-hydrogen) atoms. The third-order valence-electron chi connectivity index (χ3n) is 4.13. The number of hydrogen-bond acceptors (Lipinski definition) is 3. The minimum absolute atomic E-state index is 0.0366. The largest absolute Gasteiger partial charge is 0.374 e. The van der Waals surface area contributed by atoms with Crippen molar-refractivity contribution in [2.24, 2.45) is 5.92 Å². The number of halogens is 2. The Balaban J connectivity index is 1.79. The molecule has 3 rings (SSSR count). The molecule has 0 bridgehead atoms. The summed E-state index contributed by atoms with van der Waals surface area (Å²) < 4.78 is 7.86. The first kappa shape index (κ1) is 15.1. The van der Waals surface area contributed by atoms with Crippen LogP contribution in [0.3, 0.4) is 0 Å². The van der Waals surface area contributed by atoms with Gasteiger partial charge in [-0.2, -0.15) is 11.8 Å². The van der Waals surface area contributed by atoms with Crippen LogP contribution in [0.4, 0.5) is 0 Å². The highest BCUT2D eigenvalue weighted by Gasteiger charge is 2.42. The van der Waals surface area contributed by atoms with Crippen molar-refractivity contribution in [1.29, 1.82) is 0 Å². The second-order valence-corrected chi connectivity index (χ2v) is 8.39. The number of benzene rings is 1. The average molecular weight is 420 g/mol. The Hall–Kier alpha value is 0.160. The smallest absolute Gasteiger partial charge is 0.167 e. The molecule has 0 radical (unpaired) electrons. The normalized spacial score (nSPS) is 29.8. The van der Waals surface area contributed by atoms with Crippen molar-refractivity contribution in [3.05, 3.63) is 32.7 Å². The molecule has 1 spiro atoms. The van der Waals surface area contributed by atoms with Gasteiger partial charge in [0.05, 0.1) is 5.60 Å². The highest BCUT2D eigenvalue weighted by molar-refractivity contribution is 9.11. The van der Waals surface area contributed by atoms with Gasteiger partial charge < -0.3 is 4.74 Å². The van der Waals surface area contributed by atoms with E-state index in [1.165, 1.54) is 0 Å². The first-order chi connectivity index (χ1) is 9.60. The molecule has 2 heterocycles. The molecule has 2 aliphatic rings. The lowest BCUT2D eigenvalue weighted by Crippen LogP contribution is -2.42. The Kier molecular flexibility index (Phi) is 4.60. The molecule has 1 aromatic rings. The predicted molar refractivity (Wildman–Crippen MR) is 89.5 cm³/mol. The van der Waals surface area contributed by atoms with Gasteiger partial charge in [-0.1, -0.05) is 31.9 Å². The monoisotopic (exact) mass is 418 g/mol. The lowest BCUT2D eigenvalue weighted by Gasteiger charge is -2.37. The molecule has 2 aliphatic heterocycles. The zero-order chi connectivity index (χ0) is 14.2. The first-order valence-electron chi connectivity index (χ1n) is 6.81. The summed E-state index contributed by atoms with van der Waals surface area (Å²) in [6.07, 6.45) is 2.80. The fourth-order valence-electron chi connectivity index (χ4n) is 3.02. The Morgan fingerprint density at radius 1 is 1.40 bits per heavy atom. The molecule has 2 fully saturated rings. The minimum atomic E-state index is -0.0366. The van der Waals surface area contributed by atoms with Crippen molar-refractivity contribution >= 4 is 49.4 Å². The van der Waals surface area contributed by atoms with Gasteiger partial charge in [0.1, 0.15) is 0 Å². The van der Waals surface area contributed by atoms with Crippen LogP contribution in [0.1, 0.15) is 29.6 Å². The first-order valence-corrected chi connectivity index (χ1v) is 9.55. The van der Waals surface area contributed by atoms with Crippen molar-refractivity contribution in [3.63, 3.8) is 0 Å². The third kappa shape index (κ3) is 3.01. The molecule has 108 valence electrons. The average Bonchev–Trinajstić information content (AvgIpc) is 2.86. The molecule has 0 saturated carbocycles. The Bertz CT molecular complexity index is 527. The number of hydrogen-bond donors (Lipinski definition) is 0. The van der Waals surface area contributed by atoms with Gasteiger partial charge in [-0.05, 0) is 43.2 Å². The third-order valence-corrected chi connectivity index (χ3v) is 6.50. The molecule has 5 heteroatoms. The molecule has 0 amide bonds. The van der Waals surface area contributed by atoms with E-state index >= 15 is 0 Å². The number of thioether (sulfide) groups is 1. The van der Waals surface area contributed by atoms with Crippen LogP contribution in [0, 0.1) is 5.92 Å². The summed E-state index contributed by atoms with van der Waals surface area (Å²) in [4.78, 5) is 12.8. The molecule has 0 aromatic heterocycles. The van der Waals surface area contributed by atoms with Crippen molar-refractivity contribution in [2.75, 3.05) is 18.1 Å². The highest BCUT2D eigenvalue weighted by atomic mass is 79.9. The van der Waals surface area contributed by atoms with E-state index in [9.17, 15) is 4.79 Å². The van der Waals surface area contributed by atoms with Crippen molar-refractivity contribution < 1.29 is 9.53 Å². The number of ether oxygens (including phenoxy) is 1. The standard InChI is InChI=1S/C15H16Br2O2S/c16-11-1-2-12(13(17)7-11)14(18)10-3-5-19-15(8-10)4-6-20-9-15/h1-2,7,10H,3-6,8-9H2. The van der Waals surface area contributed by atoms with Crippen molar-refractivity contribution in [3.8, 4) is 0 Å². The van der Waals surface area contributed by atoms with Gasteiger partial charge in [-0.15, -0.1) is 0 Å². The van der Waals surface area contributed by atoms with E-state index < -0.39 is 0 Å². The Morgan fingerprint density at radius 3 is 2.95 bits per heavy atom. The maximum absolute atomic E-state index is 12.8. The van der Waals surface area contributed by atoms with Gasteiger partial charge in [0, 0.05) is 32.8 Å². The fourth-order valence-corrected chi connectivity index (χ4v) is 5.64. The predicted octanol–water partition coefficient (Wildman–Crippen LogP) is 4.70. The summed E-state index contributed by atoms with van der Waals surface area (Å²) in [6, 6.07) is 5.77. The second-order valence-electron chi connectivity index (χ2n) is 5.51. The maximum Gasteiger partial charge on any atom is 0.167 e. The summed E-state index contributed by atoms with van der Waals surface area (Å²) in [6.45, 7) is 0.713. The van der Waals surface area contributed by atoms with E-state index in [4.69, 9.17) is 4.74 Å². The van der Waals surface area contributed by atoms with E-state index in [-0.39, 0.29) is 17.3 Å². The van der Waals surface area contributed by atoms with Crippen LogP contribution < -0.4 is 0 Å². The van der Waals surface area contributed by atoms with Gasteiger partial charge in [0.2, 0.25) is 0 Å². The van der Waals surface area contributed by atoms with Crippen LogP contribution in [-0.2, 0) is 4.74 Å². The number of Topliss-reactive ketones (excluding diaryl/α,β-unsaturated/α-hetero) is 1. The molecule has 2 saturated heterocycles. The van der Waals surface area contributed by atoms with Crippen molar-refractivity contribution in [1.82, 2.24) is 0 Å². The molecular formula is C15H16Br2O2S. The summed E-state index contributed by atoms with van der Waals surface area (Å²) >= 11 is 8.87. The van der Waals surface area contributed by atoms with Gasteiger partial charge in [-0.3, -0.25) is 4.79 Å². The molecule has 2 nitrogen and oxygen atoms in total. The summed E-state index contributed by atoms with van der Waals surface area (Å²) in [5.41, 5.74) is 0.756. The quantitative estimate of drug-likeness (QED) is 0.650. The van der Waals surface area contributed by atoms with Crippen LogP contribution in [0.5, 0.6) is 0 Å². The maximum atomic E-state index is 12.8. The SMILES string of the molecule is O=C(c1ccc(Br)cc1Br)C1CCOC2(CCSC2)C1. The van der Waals surface area contributed by atoms with E-state index in [1.54, 1.807) is 0 Å². The van der Waals surface area contributed by atoms with E-state index in [2.05, 4.69) is 31.9 Å². The molecule has 2 unspecified atom stereocenters. The molecular weight excluding hydrogens is 404 g/mol. The van der Waals surface area contributed by atoms with Crippen LogP contribution in [-0.4, -0.2) is 29.5 Å². The lowest BCUT2D eigenvalue weighted by molar-refractivity contribution is -0.0734. The molecule has 0 aliphatic carbocycles. The molecule has 0 N–H and O–H groups in total. The Labute approximate surface area is 140 Å².